The topological polar surface area (TPSA) is 64.3 Å². The summed E-state index contributed by atoms with van der Waals surface area (Å²) in [6.07, 6.45) is 4.38. The summed E-state index contributed by atoms with van der Waals surface area (Å²) in [6.45, 7) is 2.64. The van der Waals surface area contributed by atoms with Crippen LogP contribution in [0.4, 0.5) is 5.82 Å². The van der Waals surface area contributed by atoms with Gasteiger partial charge in [0.15, 0.2) is 5.82 Å². The number of hydrogen-bond acceptors (Lipinski definition) is 5. The predicted octanol–water partition coefficient (Wildman–Crippen LogP) is 0.584. The lowest BCUT2D eigenvalue weighted by Gasteiger charge is -2.19. The van der Waals surface area contributed by atoms with E-state index in [1.165, 1.54) is 0 Å². The van der Waals surface area contributed by atoms with Gasteiger partial charge in [0.25, 0.3) is 0 Å². The minimum Gasteiger partial charge on any atom is -0.388 e. The molecule has 6 heteroatoms. The lowest BCUT2D eigenvalue weighted by molar-refractivity contribution is 0.161. The lowest BCUT2D eigenvalue weighted by atomic mass is 10.1. The second-order valence-electron chi connectivity index (χ2n) is 4.15. The summed E-state index contributed by atoms with van der Waals surface area (Å²) in [5, 5.41) is 0. The molecule has 1 fully saturated rings. The molecule has 5 nitrogen and oxygen atoms in total. The number of aromatic nitrogens is 2. The number of anilines is 1. The summed E-state index contributed by atoms with van der Waals surface area (Å²) >= 11 is 4.99. The van der Waals surface area contributed by atoms with Crippen LogP contribution in [0.2, 0.25) is 0 Å². The van der Waals surface area contributed by atoms with Crippen LogP contribution in [0.25, 0.3) is 0 Å². The van der Waals surface area contributed by atoms with Crippen molar-refractivity contribution in [3.63, 3.8) is 0 Å². The molecular formula is C11H16N4OS. The zero-order valence-electron chi connectivity index (χ0n) is 9.80. The fourth-order valence-corrected chi connectivity index (χ4v) is 2.28. The second kappa shape index (κ2) is 5.37. The molecule has 0 spiro atoms. The molecule has 2 rings (SSSR count). The zero-order chi connectivity index (χ0) is 12.3. The number of rotatable bonds is 4. The van der Waals surface area contributed by atoms with Crippen LogP contribution in [0.3, 0.4) is 0 Å². The Labute approximate surface area is 106 Å². The number of thiocarbonyl (C=S) groups is 1. The second-order valence-corrected chi connectivity index (χ2v) is 4.59. The van der Waals surface area contributed by atoms with Crippen molar-refractivity contribution < 1.29 is 4.74 Å². The average molecular weight is 252 g/mol. The molecule has 17 heavy (non-hydrogen) atoms. The Kier molecular flexibility index (Phi) is 3.86. The summed E-state index contributed by atoms with van der Waals surface area (Å²) in [4.78, 5) is 11.0. The minimum atomic E-state index is 0.295. The molecule has 2 N–H and O–H groups in total. The summed E-state index contributed by atoms with van der Waals surface area (Å²) in [7, 11) is 1.73. The van der Waals surface area contributed by atoms with Crippen molar-refractivity contribution in [2.75, 3.05) is 31.7 Å². The van der Waals surface area contributed by atoms with E-state index in [1.54, 1.807) is 19.5 Å². The first-order valence-corrected chi connectivity index (χ1v) is 5.98. The third-order valence-corrected chi connectivity index (χ3v) is 3.09. The number of ether oxygens (including phenoxy) is 1. The van der Waals surface area contributed by atoms with E-state index in [0.717, 1.165) is 31.9 Å². The van der Waals surface area contributed by atoms with Gasteiger partial charge in [-0.3, -0.25) is 0 Å². The van der Waals surface area contributed by atoms with E-state index in [4.69, 9.17) is 22.7 Å². The maximum atomic E-state index is 5.65. The lowest BCUT2D eigenvalue weighted by Crippen LogP contribution is -2.26. The molecule has 1 aliphatic rings. The van der Waals surface area contributed by atoms with Crippen LogP contribution >= 0.6 is 12.2 Å². The van der Waals surface area contributed by atoms with Crippen molar-refractivity contribution in [3.05, 3.63) is 18.1 Å². The van der Waals surface area contributed by atoms with Gasteiger partial charge >= 0.3 is 0 Å². The molecule has 0 aliphatic carbocycles. The molecule has 1 aromatic rings. The Morgan fingerprint density at radius 3 is 3.06 bits per heavy atom. The smallest absolute Gasteiger partial charge is 0.157 e. The van der Waals surface area contributed by atoms with Crippen LogP contribution in [0.5, 0.6) is 0 Å². The van der Waals surface area contributed by atoms with Gasteiger partial charge in [0, 0.05) is 38.5 Å². The van der Waals surface area contributed by atoms with Crippen molar-refractivity contribution in [2.24, 2.45) is 11.7 Å². The van der Waals surface area contributed by atoms with Gasteiger partial charge in [-0.15, -0.1) is 0 Å². The van der Waals surface area contributed by atoms with E-state index in [-0.39, 0.29) is 0 Å². The van der Waals surface area contributed by atoms with Crippen molar-refractivity contribution in [1.29, 1.82) is 0 Å². The Morgan fingerprint density at radius 1 is 1.59 bits per heavy atom. The van der Waals surface area contributed by atoms with Gasteiger partial charge in [-0.05, 0) is 6.42 Å². The van der Waals surface area contributed by atoms with E-state index in [0.29, 0.717) is 16.6 Å². The number of nitrogens with two attached hydrogens (primary N) is 1. The maximum Gasteiger partial charge on any atom is 0.157 e. The summed E-state index contributed by atoms with van der Waals surface area (Å²) in [6, 6.07) is 0. The standard InChI is InChI=1S/C11H16N4OS/c1-16-7-8-2-5-15(6-8)11-9(10(12)17)13-3-4-14-11/h3-4,8H,2,5-7H2,1H3,(H2,12,17). The number of methoxy groups -OCH3 is 1. The largest absolute Gasteiger partial charge is 0.388 e. The summed E-state index contributed by atoms with van der Waals surface area (Å²) in [5.74, 6) is 1.33. The van der Waals surface area contributed by atoms with Crippen LogP contribution in [0.15, 0.2) is 12.4 Å². The summed E-state index contributed by atoms with van der Waals surface area (Å²) in [5.41, 5.74) is 6.26. The highest BCUT2D eigenvalue weighted by Crippen LogP contribution is 2.24. The SMILES string of the molecule is COCC1CCN(c2nccnc2C(N)=S)C1. The van der Waals surface area contributed by atoms with Crippen molar-refractivity contribution in [3.8, 4) is 0 Å². The monoisotopic (exact) mass is 252 g/mol. The van der Waals surface area contributed by atoms with E-state index in [2.05, 4.69) is 14.9 Å². The average Bonchev–Trinajstić information content (AvgIpc) is 2.78. The highest BCUT2D eigenvalue weighted by molar-refractivity contribution is 7.80. The van der Waals surface area contributed by atoms with Gasteiger partial charge in [-0.2, -0.15) is 0 Å². The molecule has 1 unspecified atom stereocenters. The maximum absolute atomic E-state index is 5.65. The highest BCUT2D eigenvalue weighted by Gasteiger charge is 2.25. The fraction of sp³-hybridized carbons (Fsp3) is 0.545. The van der Waals surface area contributed by atoms with Gasteiger partial charge in [0.05, 0.1) is 6.61 Å². The van der Waals surface area contributed by atoms with Gasteiger partial charge in [0.1, 0.15) is 10.7 Å². The molecule has 1 saturated heterocycles. The number of nitrogens with zero attached hydrogens (tertiary/aromatic N) is 3. The molecule has 0 aromatic carbocycles. The first-order chi connectivity index (χ1) is 8.22. The molecular weight excluding hydrogens is 236 g/mol. The summed E-state index contributed by atoms with van der Waals surface area (Å²) < 4.78 is 5.17. The van der Waals surface area contributed by atoms with Gasteiger partial charge < -0.3 is 15.4 Å². The van der Waals surface area contributed by atoms with Crippen LogP contribution < -0.4 is 10.6 Å². The van der Waals surface area contributed by atoms with E-state index < -0.39 is 0 Å². The molecule has 92 valence electrons. The molecule has 1 atom stereocenters. The van der Waals surface area contributed by atoms with Gasteiger partial charge in [-0.25, -0.2) is 9.97 Å². The molecule has 2 heterocycles. The van der Waals surface area contributed by atoms with Gasteiger partial charge in [-0.1, -0.05) is 12.2 Å². The Morgan fingerprint density at radius 2 is 2.35 bits per heavy atom. The molecule has 1 aromatic heterocycles. The van der Waals surface area contributed by atoms with Crippen LogP contribution in [0.1, 0.15) is 12.1 Å². The molecule has 0 bridgehead atoms. The molecule has 0 radical (unpaired) electrons. The first-order valence-electron chi connectivity index (χ1n) is 5.57. The minimum absolute atomic E-state index is 0.295. The quantitative estimate of drug-likeness (QED) is 0.791. The molecule has 0 saturated carbocycles. The first kappa shape index (κ1) is 12.2. The van der Waals surface area contributed by atoms with Crippen molar-refractivity contribution in [1.82, 2.24) is 9.97 Å². The Balaban J connectivity index is 2.16. The zero-order valence-corrected chi connectivity index (χ0v) is 10.6. The Hall–Kier alpha value is -1.27. The van der Waals surface area contributed by atoms with Crippen LogP contribution in [-0.4, -0.2) is 41.8 Å². The normalized spacial score (nSPS) is 19.6. The van der Waals surface area contributed by atoms with Crippen LogP contribution in [-0.2, 0) is 4.74 Å². The van der Waals surface area contributed by atoms with Crippen LogP contribution in [0, 0.1) is 5.92 Å². The van der Waals surface area contributed by atoms with E-state index in [1.807, 2.05) is 0 Å². The molecule has 1 aliphatic heterocycles. The fourth-order valence-electron chi connectivity index (χ4n) is 2.13. The molecule has 0 amide bonds. The highest BCUT2D eigenvalue weighted by atomic mass is 32.1. The van der Waals surface area contributed by atoms with Crippen molar-refractivity contribution in [2.45, 2.75) is 6.42 Å². The Bertz CT molecular complexity index is 412. The van der Waals surface area contributed by atoms with Crippen molar-refractivity contribution >= 4 is 23.0 Å². The third kappa shape index (κ3) is 2.70. The predicted molar refractivity (Wildman–Crippen MR) is 70.1 cm³/mol. The van der Waals surface area contributed by atoms with E-state index in [9.17, 15) is 0 Å². The van der Waals surface area contributed by atoms with Gasteiger partial charge in [0.2, 0.25) is 0 Å². The number of hydrogen-bond donors (Lipinski definition) is 1. The van der Waals surface area contributed by atoms with E-state index >= 15 is 0 Å². The third-order valence-electron chi connectivity index (χ3n) is 2.90.